The van der Waals surface area contributed by atoms with Crippen LogP contribution in [0.1, 0.15) is 48.0 Å². The van der Waals surface area contributed by atoms with Crippen molar-refractivity contribution in [2.45, 2.75) is 31.3 Å². The fourth-order valence-corrected chi connectivity index (χ4v) is 3.00. The Balaban J connectivity index is 1.95. The quantitative estimate of drug-likeness (QED) is 0.912. The fraction of sp³-hybridized carbons (Fsp3) is 0.368. The summed E-state index contributed by atoms with van der Waals surface area (Å²) in [4.78, 5) is 2.06. The summed E-state index contributed by atoms with van der Waals surface area (Å²) in [6.45, 7) is 0. The molecule has 1 unspecified atom stereocenters. The first-order chi connectivity index (χ1) is 10.2. The minimum Gasteiger partial charge on any atom is -0.384 e. The van der Waals surface area contributed by atoms with Gasteiger partial charge in [0.25, 0.3) is 0 Å². The van der Waals surface area contributed by atoms with Crippen molar-refractivity contribution in [1.29, 1.82) is 0 Å². The molecule has 2 aromatic carbocycles. The molecule has 21 heavy (non-hydrogen) atoms. The van der Waals surface area contributed by atoms with Crippen LogP contribution < -0.4 is 4.90 Å². The van der Waals surface area contributed by atoms with Crippen molar-refractivity contribution in [3.8, 4) is 0 Å². The molecule has 2 heteroatoms. The molecule has 0 amide bonds. The molecule has 2 nitrogen and oxygen atoms in total. The molecule has 1 N–H and O–H groups in total. The molecular weight excluding hydrogens is 258 g/mol. The number of aliphatic hydroxyl groups is 1. The summed E-state index contributed by atoms with van der Waals surface area (Å²) in [5, 5.41) is 10.8. The lowest BCUT2D eigenvalue weighted by Crippen LogP contribution is -2.14. The van der Waals surface area contributed by atoms with Crippen LogP contribution in [0.5, 0.6) is 0 Å². The van der Waals surface area contributed by atoms with Crippen LogP contribution >= 0.6 is 0 Å². The molecule has 0 saturated heterocycles. The summed E-state index contributed by atoms with van der Waals surface area (Å²) in [7, 11) is 4.04. The summed E-state index contributed by atoms with van der Waals surface area (Å²) in [6.07, 6.45) is 3.27. The van der Waals surface area contributed by atoms with Gasteiger partial charge >= 0.3 is 0 Å². The van der Waals surface area contributed by atoms with Gasteiger partial charge in [0, 0.05) is 19.8 Å². The maximum Gasteiger partial charge on any atom is 0.104 e. The van der Waals surface area contributed by atoms with Crippen molar-refractivity contribution in [1.82, 2.24) is 0 Å². The van der Waals surface area contributed by atoms with Gasteiger partial charge in [-0.05, 0) is 47.6 Å². The van der Waals surface area contributed by atoms with Gasteiger partial charge in [-0.3, -0.25) is 0 Å². The average Bonchev–Trinajstić information content (AvgIpc) is 2.45. The maximum atomic E-state index is 10.8. The SMILES string of the molecule is CN(C)c1cccc(C(O)c2ccccc2C2CCC2)c1. The molecular formula is C19H23NO. The van der Waals surface area contributed by atoms with Gasteiger partial charge in [-0.15, -0.1) is 0 Å². The standard InChI is InChI=1S/C19H23NO/c1-20(2)16-10-6-9-15(13-16)19(21)18-12-4-3-11-17(18)14-7-5-8-14/h3-4,6,9-14,19,21H,5,7-8H2,1-2H3. The van der Waals surface area contributed by atoms with Gasteiger partial charge in [-0.1, -0.05) is 42.8 Å². The highest BCUT2D eigenvalue weighted by Gasteiger charge is 2.24. The largest absolute Gasteiger partial charge is 0.384 e. The third kappa shape index (κ3) is 2.81. The molecule has 1 saturated carbocycles. The van der Waals surface area contributed by atoms with Gasteiger partial charge in [0.15, 0.2) is 0 Å². The first-order valence-corrected chi connectivity index (χ1v) is 7.71. The van der Waals surface area contributed by atoms with Crippen LogP contribution in [0.3, 0.4) is 0 Å². The van der Waals surface area contributed by atoms with E-state index in [2.05, 4.69) is 35.2 Å². The summed E-state index contributed by atoms with van der Waals surface area (Å²) in [6, 6.07) is 16.5. The molecule has 3 rings (SSSR count). The third-order valence-corrected chi connectivity index (χ3v) is 4.54. The molecule has 0 aliphatic heterocycles. The molecule has 0 heterocycles. The fourth-order valence-electron chi connectivity index (χ4n) is 3.00. The molecule has 110 valence electrons. The Morgan fingerprint density at radius 2 is 1.81 bits per heavy atom. The van der Waals surface area contributed by atoms with Crippen molar-refractivity contribution in [2.24, 2.45) is 0 Å². The maximum absolute atomic E-state index is 10.8. The molecule has 0 bridgehead atoms. The van der Waals surface area contributed by atoms with E-state index in [1.807, 2.05) is 32.3 Å². The van der Waals surface area contributed by atoms with Crippen LogP contribution in [0.2, 0.25) is 0 Å². The molecule has 2 aromatic rings. The molecule has 0 aromatic heterocycles. The zero-order valence-corrected chi connectivity index (χ0v) is 12.8. The van der Waals surface area contributed by atoms with E-state index in [1.54, 1.807) is 0 Å². The van der Waals surface area contributed by atoms with E-state index >= 15 is 0 Å². The van der Waals surface area contributed by atoms with Crippen LogP contribution in [-0.4, -0.2) is 19.2 Å². The van der Waals surface area contributed by atoms with Gasteiger partial charge in [-0.25, -0.2) is 0 Å². The van der Waals surface area contributed by atoms with Gasteiger partial charge < -0.3 is 10.0 Å². The van der Waals surface area contributed by atoms with E-state index < -0.39 is 6.10 Å². The number of rotatable bonds is 4. The zero-order valence-electron chi connectivity index (χ0n) is 12.8. The highest BCUT2D eigenvalue weighted by Crippen LogP contribution is 2.40. The van der Waals surface area contributed by atoms with Crippen molar-refractivity contribution in [3.05, 3.63) is 65.2 Å². The molecule has 1 fully saturated rings. The Morgan fingerprint density at radius 1 is 1.05 bits per heavy atom. The van der Waals surface area contributed by atoms with Crippen LogP contribution in [-0.2, 0) is 0 Å². The second kappa shape index (κ2) is 5.90. The predicted molar refractivity (Wildman–Crippen MR) is 87.9 cm³/mol. The zero-order chi connectivity index (χ0) is 14.8. The van der Waals surface area contributed by atoms with E-state index in [-0.39, 0.29) is 0 Å². The van der Waals surface area contributed by atoms with Crippen LogP contribution in [0.4, 0.5) is 5.69 Å². The molecule has 1 atom stereocenters. The number of nitrogens with zero attached hydrogens (tertiary/aromatic N) is 1. The van der Waals surface area contributed by atoms with Crippen molar-refractivity contribution >= 4 is 5.69 Å². The van der Waals surface area contributed by atoms with E-state index in [0.717, 1.165) is 16.8 Å². The first kappa shape index (κ1) is 14.2. The topological polar surface area (TPSA) is 23.5 Å². The smallest absolute Gasteiger partial charge is 0.104 e. The summed E-state index contributed by atoms with van der Waals surface area (Å²) >= 11 is 0. The Hall–Kier alpha value is -1.80. The normalized spacial score (nSPS) is 16.3. The highest BCUT2D eigenvalue weighted by molar-refractivity contribution is 5.49. The van der Waals surface area contributed by atoms with Gasteiger partial charge in [-0.2, -0.15) is 0 Å². The predicted octanol–water partition coefficient (Wildman–Crippen LogP) is 4.10. The minimum absolute atomic E-state index is 0.540. The third-order valence-electron chi connectivity index (χ3n) is 4.54. The monoisotopic (exact) mass is 281 g/mol. The van der Waals surface area contributed by atoms with Crippen molar-refractivity contribution < 1.29 is 5.11 Å². The minimum atomic E-state index is -0.540. The first-order valence-electron chi connectivity index (χ1n) is 7.71. The van der Waals surface area contributed by atoms with Gasteiger partial charge in [0.2, 0.25) is 0 Å². The van der Waals surface area contributed by atoms with Crippen molar-refractivity contribution in [2.75, 3.05) is 19.0 Å². The Kier molecular flexibility index (Phi) is 3.98. The summed E-state index contributed by atoms with van der Waals surface area (Å²) in [5.74, 6) is 0.632. The second-order valence-electron chi connectivity index (χ2n) is 6.15. The Bertz CT molecular complexity index is 616. The molecule has 0 spiro atoms. The highest BCUT2D eigenvalue weighted by atomic mass is 16.3. The lowest BCUT2D eigenvalue weighted by atomic mass is 9.77. The summed E-state index contributed by atoms with van der Waals surface area (Å²) in [5.41, 5.74) is 4.48. The Labute approximate surface area is 127 Å². The summed E-state index contributed by atoms with van der Waals surface area (Å²) < 4.78 is 0. The van der Waals surface area contributed by atoms with Crippen LogP contribution in [0.15, 0.2) is 48.5 Å². The molecule has 0 radical (unpaired) electrons. The van der Waals surface area contributed by atoms with Crippen LogP contribution in [0, 0.1) is 0 Å². The number of hydrogen-bond acceptors (Lipinski definition) is 2. The van der Waals surface area contributed by atoms with E-state index in [9.17, 15) is 5.11 Å². The van der Waals surface area contributed by atoms with E-state index in [4.69, 9.17) is 0 Å². The Morgan fingerprint density at radius 3 is 2.48 bits per heavy atom. The van der Waals surface area contributed by atoms with Crippen molar-refractivity contribution in [3.63, 3.8) is 0 Å². The molecule has 1 aliphatic carbocycles. The van der Waals surface area contributed by atoms with Gasteiger partial charge in [0.1, 0.15) is 6.10 Å². The number of anilines is 1. The number of hydrogen-bond donors (Lipinski definition) is 1. The van der Waals surface area contributed by atoms with E-state index in [1.165, 1.54) is 24.8 Å². The van der Waals surface area contributed by atoms with E-state index in [0.29, 0.717) is 5.92 Å². The number of aliphatic hydroxyl groups excluding tert-OH is 1. The lowest BCUT2D eigenvalue weighted by molar-refractivity contribution is 0.217. The lowest BCUT2D eigenvalue weighted by Gasteiger charge is -2.29. The number of benzene rings is 2. The van der Waals surface area contributed by atoms with Crippen LogP contribution in [0.25, 0.3) is 0 Å². The average molecular weight is 281 g/mol. The molecule has 1 aliphatic rings. The second-order valence-corrected chi connectivity index (χ2v) is 6.15. The van der Waals surface area contributed by atoms with Gasteiger partial charge in [0.05, 0.1) is 0 Å².